The summed E-state index contributed by atoms with van der Waals surface area (Å²) in [6.45, 7) is 9.99. The molecule has 0 aromatic heterocycles. The lowest BCUT2D eigenvalue weighted by atomic mass is 10.1. The van der Waals surface area contributed by atoms with Gasteiger partial charge in [-0.15, -0.1) is 0 Å². The van der Waals surface area contributed by atoms with E-state index in [1.807, 2.05) is 6.07 Å². The van der Waals surface area contributed by atoms with Crippen LogP contribution in [0.25, 0.3) is 4.85 Å². The smallest absolute Gasteiger partial charge is 0.259 e. The van der Waals surface area contributed by atoms with Gasteiger partial charge in [-0.05, 0) is 55.8 Å². The third-order valence-electron chi connectivity index (χ3n) is 3.58. The Bertz CT molecular complexity index is 859. The Labute approximate surface area is 146 Å². The fraction of sp³-hybridized carbons (Fsp3) is 0.211. The van der Waals surface area contributed by atoms with Crippen LogP contribution in [0, 0.1) is 24.8 Å². The molecule has 6 nitrogen and oxygen atoms in total. The maximum absolute atomic E-state index is 12.3. The Morgan fingerprint density at radius 1 is 1.36 bits per heavy atom. The third-order valence-corrected chi connectivity index (χ3v) is 3.58. The normalized spacial score (nSPS) is 12.4. The first-order valence-electron chi connectivity index (χ1n) is 7.50. The molecule has 2 rings (SSSR count). The fourth-order valence-electron chi connectivity index (χ4n) is 1.99. The number of hydrogen-bond acceptors (Lipinski definition) is 4. The van der Waals surface area contributed by atoms with Crippen LogP contribution in [0.1, 0.15) is 18.1 Å². The Morgan fingerprint density at radius 3 is 2.64 bits per heavy atom. The average molecular weight is 335 g/mol. The van der Waals surface area contributed by atoms with Gasteiger partial charge in [0, 0.05) is 5.69 Å². The standard InChI is InChI=1S/C19H17N3O3/c1-13-4-7-15(10-17(13)21-3)22-18(23)19(2,24)12-25-16-8-5-14(11-20)6-9-16/h4-10,24H,12H2,1-2H3,(H,22,23)/t19-/m0/s1. The summed E-state index contributed by atoms with van der Waals surface area (Å²) < 4.78 is 5.42. The first-order valence-corrected chi connectivity index (χ1v) is 7.50. The summed E-state index contributed by atoms with van der Waals surface area (Å²) in [6.07, 6.45) is 0. The third kappa shape index (κ3) is 4.57. The number of benzene rings is 2. The number of aliphatic hydroxyl groups is 1. The van der Waals surface area contributed by atoms with Gasteiger partial charge in [0.15, 0.2) is 11.3 Å². The van der Waals surface area contributed by atoms with Crippen LogP contribution < -0.4 is 10.1 Å². The molecule has 0 saturated heterocycles. The topological polar surface area (TPSA) is 86.7 Å². The second-order valence-corrected chi connectivity index (χ2v) is 5.77. The van der Waals surface area contributed by atoms with E-state index >= 15 is 0 Å². The minimum Gasteiger partial charge on any atom is -0.490 e. The van der Waals surface area contributed by atoms with E-state index in [1.54, 1.807) is 49.4 Å². The molecule has 2 N–H and O–H groups in total. The summed E-state index contributed by atoms with van der Waals surface area (Å²) in [6, 6.07) is 13.3. The Morgan fingerprint density at radius 2 is 2.04 bits per heavy atom. The molecule has 0 fully saturated rings. The van der Waals surface area contributed by atoms with E-state index in [9.17, 15) is 9.90 Å². The van der Waals surface area contributed by atoms with Gasteiger partial charge in [0.05, 0.1) is 18.2 Å². The van der Waals surface area contributed by atoms with Crippen molar-refractivity contribution in [2.45, 2.75) is 19.4 Å². The number of ether oxygens (including phenoxy) is 1. The molecule has 2 aromatic carbocycles. The average Bonchev–Trinajstić information content (AvgIpc) is 2.62. The van der Waals surface area contributed by atoms with Gasteiger partial charge in [-0.1, -0.05) is 6.07 Å². The summed E-state index contributed by atoms with van der Waals surface area (Å²) in [7, 11) is 0. The predicted octanol–water partition coefficient (Wildman–Crippen LogP) is 3.19. The van der Waals surface area contributed by atoms with Gasteiger partial charge in [-0.2, -0.15) is 5.26 Å². The molecule has 0 heterocycles. The van der Waals surface area contributed by atoms with E-state index in [4.69, 9.17) is 16.6 Å². The highest BCUT2D eigenvalue weighted by atomic mass is 16.5. The van der Waals surface area contributed by atoms with Gasteiger partial charge in [0.1, 0.15) is 12.4 Å². The SMILES string of the molecule is [C-]#[N+]c1cc(NC(=O)[C@@](C)(O)COc2ccc(C#N)cc2)ccc1C. The van der Waals surface area contributed by atoms with Crippen LogP contribution in [0.15, 0.2) is 42.5 Å². The molecular formula is C19H17N3O3. The molecule has 25 heavy (non-hydrogen) atoms. The monoisotopic (exact) mass is 335 g/mol. The van der Waals surface area contributed by atoms with Crippen molar-refractivity contribution in [3.63, 3.8) is 0 Å². The summed E-state index contributed by atoms with van der Waals surface area (Å²) in [5.74, 6) is -0.196. The number of carbonyl (C=O) groups excluding carboxylic acids is 1. The molecule has 1 amide bonds. The van der Waals surface area contributed by atoms with E-state index in [0.29, 0.717) is 22.7 Å². The molecule has 0 bridgehead atoms. The van der Waals surface area contributed by atoms with Crippen LogP contribution in [0.4, 0.5) is 11.4 Å². The molecule has 0 saturated carbocycles. The van der Waals surface area contributed by atoms with E-state index in [2.05, 4.69) is 10.2 Å². The van der Waals surface area contributed by atoms with E-state index < -0.39 is 11.5 Å². The van der Waals surface area contributed by atoms with Crippen LogP contribution in [0.5, 0.6) is 5.75 Å². The zero-order chi connectivity index (χ0) is 18.4. The highest BCUT2D eigenvalue weighted by molar-refractivity contribution is 5.97. The molecule has 0 aliphatic rings. The predicted molar refractivity (Wildman–Crippen MR) is 93.3 cm³/mol. The molecule has 0 radical (unpaired) electrons. The number of hydrogen-bond donors (Lipinski definition) is 2. The van der Waals surface area contributed by atoms with Gasteiger partial charge < -0.3 is 15.2 Å². The van der Waals surface area contributed by atoms with Gasteiger partial charge >= 0.3 is 0 Å². The lowest BCUT2D eigenvalue weighted by molar-refractivity contribution is -0.135. The Balaban J connectivity index is 2.01. The van der Waals surface area contributed by atoms with Crippen molar-refractivity contribution in [1.82, 2.24) is 0 Å². The molecule has 0 aliphatic carbocycles. The van der Waals surface area contributed by atoms with Crippen molar-refractivity contribution >= 4 is 17.3 Å². The lowest BCUT2D eigenvalue weighted by Crippen LogP contribution is -2.45. The van der Waals surface area contributed by atoms with Crippen molar-refractivity contribution in [3.8, 4) is 11.8 Å². The number of carbonyl (C=O) groups is 1. The molecule has 0 spiro atoms. The number of aryl methyl sites for hydroxylation is 1. The van der Waals surface area contributed by atoms with Crippen molar-refractivity contribution in [1.29, 1.82) is 5.26 Å². The van der Waals surface area contributed by atoms with E-state index in [0.717, 1.165) is 5.56 Å². The first kappa shape index (κ1) is 18.0. The van der Waals surface area contributed by atoms with E-state index in [-0.39, 0.29) is 6.61 Å². The molecule has 6 heteroatoms. The molecule has 2 aromatic rings. The largest absolute Gasteiger partial charge is 0.490 e. The number of amides is 1. The number of nitriles is 1. The van der Waals surface area contributed by atoms with Gasteiger partial charge in [-0.25, -0.2) is 4.85 Å². The zero-order valence-electron chi connectivity index (χ0n) is 13.9. The Kier molecular flexibility index (Phi) is 5.38. The molecule has 126 valence electrons. The van der Waals surface area contributed by atoms with Gasteiger partial charge in [0.25, 0.3) is 5.91 Å². The van der Waals surface area contributed by atoms with Crippen molar-refractivity contribution in [2.24, 2.45) is 0 Å². The second kappa shape index (κ2) is 7.48. The summed E-state index contributed by atoms with van der Waals surface area (Å²) in [5, 5.41) is 21.7. The molecule has 0 aliphatic heterocycles. The van der Waals surface area contributed by atoms with Crippen LogP contribution >= 0.6 is 0 Å². The molecule has 1 atom stereocenters. The van der Waals surface area contributed by atoms with Gasteiger partial charge in [-0.3, -0.25) is 4.79 Å². The summed E-state index contributed by atoms with van der Waals surface area (Å²) in [4.78, 5) is 15.7. The number of anilines is 1. The van der Waals surface area contributed by atoms with Crippen LogP contribution in [0.2, 0.25) is 0 Å². The van der Waals surface area contributed by atoms with Crippen LogP contribution in [-0.4, -0.2) is 23.2 Å². The van der Waals surface area contributed by atoms with Crippen LogP contribution in [-0.2, 0) is 4.79 Å². The quantitative estimate of drug-likeness (QED) is 0.822. The zero-order valence-corrected chi connectivity index (χ0v) is 13.9. The molecule has 0 unspecified atom stereocenters. The summed E-state index contributed by atoms with van der Waals surface area (Å²) in [5.41, 5.74) is 0.402. The number of nitrogens with zero attached hydrogens (tertiary/aromatic N) is 2. The van der Waals surface area contributed by atoms with E-state index in [1.165, 1.54) is 6.92 Å². The second-order valence-electron chi connectivity index (χ2n) is 5.77. The van der Waals surface area contributed by atoms with Gasteiger partial charge in [0.2, 0.25) is 0 Å². The lowest BCUT2D eigenvalue weighted by Gasteiger charge is -2.22. The maximum atomic E-state index is 12.3. The maximum Gasteiger partial charge on any atom is 0.259 e. The Hall–Kier alpha value is -3.35. The van der Waals surface area contributed by atoms with Crippen molar-refractivity contribution in [2.75, 3.05) is 11.9 Å². The highest BCUT2D eigenvalue weighted by Crippen LogP contribution is 2.24. The fourth-order valence-corrected chi connectivity index (χ4v) is 1.99. The minimum absolute atomic E-state index is 0.258. The number of rotatable bonds is 5. The molecular weight excluding hydrogens is 318 g/mol. The van der Waals surface area contributed by atoms with Crippen LogP contribution in [0.3, 0.4) is 0 Å². The van der Waals surface area contributed by atoms with Crippen molar-refractivity contribution < 1.29 is 14.6 Å². The highest BCUT2D eigenvalue weighted by Gasteiger charge is 2.31. The number of nitrogens with one attached hydrogen (secondary N) is 1. The minimum atomic E-state index is -1.77. The summed E-state index contributed by atoms with van der Waals surface area (Å²) >= 11 is 0. The van der Waals surface area contributed by atoms with Crippen molar-refractivity contribution in [3.05, 3.63) is 65.0 Å². The first-order chi connectivity index (χ1) is 11.9.